The molecule has 0 aliphatic heterocycles. The van der Waals surface area contributed by atoms with Crippen LogP contribution in [0.4, 0.5) is 24.5 Å². The Balaban J connectivity index is 1.77. The van der Waals surface area contributed by atoms with Crippen molar-refractivity contribution in [2.75, 3.05) is 12.4 Å². The second-order valence-corrected chi connectivity index (χ2v) is 7.90. The molecule has 2 aromatic rings. The quantitative estimate of drug-likeness (QED) is 0.423. The fraction of sp³-hybridized carbons (Fsp3) is 0.364. The molecule has 3 rings (SSSR count). The number of alkyl halides is 3. The lowest BCUT2D eigenvalue weighted by atomic mass is 9.79. The highest BCUT2D eigenvalue weighted by atomic mass is 19.4. The normalized spacial score (nSPS) is 18.6. The Labute approximate surface area is 187 Å². The van der Waals surface area contributed by atoms with E-state index >= 15 is 0 Å². The van der Waals surface area contributed by atoms with Crippen LogP contribution >= 0.6 is 0 Å². The molecule has 0 saturated heterocycles. The van der Waals surface area contributed by atoms with Gasteiger partial charge in [-0.15, -0.1) is 0 Å². The van der Waals surface area contributed by atoms with E-state index in [4.69, 9.17) is 0 Å². The zero-order valence-corrected chi connectivity index (χ0v) is 17.9. The number of rotatable bonds is 7. The average molecular weight is 464 g/mol. The third-order valence-electron chi connectivity index (χ3n) is 5.67. The van der Waals surface area contributed by atoms with Crippen molar-refractivity contribution in [2.24, 2.45) is 5.92 Å². The van der Waals surface area contributed by atoms with Gasteiger partial charge in [0.05, 0.1) is 22.1 Å². The van der Waals surface area contributed by atoms with Gasteiger partial charge in [0.1, 0.15) is 5.69 Å². The van der Waals surface area contributed by atoms with Crippen LogP contribution < -0.4 is 16.0 Å². The number of para-hydroxylation sites is 1. The number of carbonyl (C=O) groups is 2. The van der Waals surface area contributed by atoms with Crippen molar-refractivity contribution in [3.05, 3.63) is 69.3 Å². The first-order chi connectivity index (χ1) is 15.5. The molecule has 0 heterocycles. The third-order valence-corrected chi connectivity index (χ3v) is 5.67. The first-order valence-corrected chi connectivity index (χ1v) is 10.2. The van der Waals surface area contributed by atoms with E-state index in [0.717, 1.165) is 12.1 Å². The Morgan fingerprint density at radius 1 is 1.12 bits per heavy atom. The van der Waals surface area contributed by atoms with E-state index in [2.05, 4.69) is 16.0 Å². The number of nitrogens with zero attached hydrogens (tertiary/aromatic N) is 1. The SMILES string of the molecule is CNC(=O)C1CC(Nc2c(C(=O)N[C@@H](C)c3ccc(C(F)(F)F)cc3)cccc2[N+](=O)[O-])C1. The molecule has 1 aliphatic rings. The Morgan fingerprint density at radius 2 is 1.76 bits per heavy atom. The van der Waals surface area contributed by atoms with Crippen LogP contribution in [0.3, 0.4) is 0 Å². The minimum absolute atomic E-state index is 0.0337. The fourth-order valence-electron chi connectivity index (χ4n) is 3.71. The maximum absolute atomic E-state index is 12.9. The minimum Gasteiger partial charge on any atom is -0.376 e. The molecule has 0 bridgehead atoms. The summed E-state index contributed by atoms with van der Waals surface area (Å²) in [7, 11) is 1.53. The maximum Gasteiger partial charge on any atom is 0.416 e. The number of hydrogen-bond donors (Lipinski definition) is 3. The van der Waals surface area contributed by atoms with Gasteiger partial charge in [0, 0.05) is 25.1 Å². The highest BCUT2D eigenvalue weighted by Crippen LogP contribution is 2.36. The Bertz CT molecular complexity index is 1050. The summed E-state index contributed by atoms with van der Waals surface area (Å²) < 4.78 is 38.3. The Kier molecular flexibility index (Phi) is 6.89. The number of amides is 2. The van der Waals surface area contributed by atoms with E-state index in [1.54, 1.807) is 6.92 Å². The van der Waals surface area contributed by atoms with Gasteiger partial charge >= 0.3 is 6.18 Å². The van der Waals surface area contributed by atoms with E-state index < -0.39 is 28.6 Å². The molecule has 1 fully saturated rings. The summed E-state index contributed by atoms with van der Waals surface area (Å²) in [6.07, 6.45) is -3.53. The largest absolute Gasteiger partial charge is 0.416 e. The molecular weight excluding hydrogens is 441 g/mol. The van der Waals surface area contributed by atoms with Crippen molar-refractivity contribution < 1.29 is 27.7 Å². The molecule has 176 valence electrons. The van der Waals surface area contributed by atoms with Gasteiger partial charge in [-0.1, -0.05) is 18.2 Å². The van der Waals surface area contributed by atoms with Crippen LogP contribution in [-0.4, -0.2) is 29.8 Å². The lowest BCUT2D eigenvalue weighted by molar-refractivity contribution is -0.384. The molecule has 0 spiro atoms. The van der Waals surface area contributed by atoms with Gasteiger partial charge in [-0.3, -0.25) is 19.7 Å². The van der Waals surface area contributed by atoms with Crippen molar-refractivity contribution in [2.45, 2.75) is 38.0 Å². The predicted octanol–water partition coefficient (Wildman–Crippen LogP) is 4.04. The monoisotopic (exact) mass is 464 g/mol. The van der Waals surface area contributed by atoms with E-state index in [0.29, 0.717) is 18.4 Å². The van der Waals surface area contributed by atoms with Gasteiger partial charge < -0.3 is 16.0 Å². The van der Waals surface area contributed by atoms with Gasteiger partial charge in [-0.2, -0.15) is 13.2 Å². The molecule has 1 aliphatic carbocycles. The zero-order chi connectivity index (χ0) is 24.3. The standard InChI is InChI=1S/C22H23F3N4O4/c1-12(13-6-8-15(9-7-13)22(23,24)25)27-21(31)17-4-3-5-18(29(32)33)19(17)28-16-10-14(11-16)20(30)26-2/h3-9,12,14,16,28H,10-11H2,1-2H3,(H,26,30)(H,27,31)/t12-,14?,16?/m0/s1. The number of carbonyl (C=O) groups excluding carboxylic acids is 2. The number of anilines is 1. The molecular formula is C22H23F3N4O4. The highest BCUT2D eigenvalue weighted by molar-refractivity contribution is 6.02. The van der Waals surface area contributed by atoms with Crippen molar-refractivity contribution in [1.29, 1.82) is 0 Å². The molecule has 8 nitrogen and oxygen atoms in total. The molecule has 0 aromatic heterocycles. The highest BCUT2D eigenvalue weighted by Gasteiger charge is 2.36. The van der Waals surface area contributed by atoms with Gasteiger partial charge in [0.25, 0.3) is 11.6 Å². The first-order valence-electron chi connectivity index (χ1n) is 10.2. The lowest BCUT2D eigenvalue weighted by Crippen LogP contribution is -2.43. The van der Waals surface area contributed by atoms with E-state index in [1.165, 1.54) is 37.4 Å². The fourth-order valence-corrected chi connectivity index (χ4v) is 3.71. The molecule has 2 amide bonds. The zero-order valence-electron chi connectivity index (χ0n) is 17.9. The number of halogens is 3. The topological polar surface area (TPSA) is 113 Å². The summed E-state index contributed by atoms with van der Waals surface area (Å²) in [4.78, 5) is 35.6. The maximum atomic E-state index is 12.9. The molecule has 0 unspecified atom stereocenters. The second-order valence-electron chi connectivity index (χ2n) is 7.90. The van der Waals surface area contributed by atoms with Crippen molar-refractivity contribution >= 4 is 23.2 Å². The van der Waals surface area contributed by atoms with Crippen LogP contribution in [-0.2, 0) is 11.0 Å². The van der Waals surface area contributed by atoms with Crippen LogP contribution in [0.15, 0.2) is 42.5 Å². The van der Waals surface area contributed by atoms with Crippen LogP contribution in [0.5, 0.6) is 0 Å². The molecule has 33 heavy (non-hydrogen) atoms. The summed E-state index contributed by atoms with van der Waals surface area (Å²) in [5.41, 5.74) is -0.561. The number of benzene rings is 2. The van der Waals surface area contributed by atoms with Gasteiger partial charge in [0.15, 0.2) is 0 Å². The van der Waals surface area contributed by atoms with Gasteiger partial charge in [-0.25, -0.2) is 0 Å². The van der Waals surface area contributed by atoms with Crippen molar-refractivity contribution in [3.8, 4) is 0 Å². The summed E-state index contributed by atoms with van der Waals surface area (Å²) in [5, 5.41) is 19.8. The van der Waals surface area contributed by atoms with Crippen LogP contribution in [0.25, 0.3) is 0 Å². The van der Waals surface area contributed by atoms with E-state index in [1.807, 2.05) is 0 Å². The van der Waals surface area contributed by atoms with Crippen molar-refractivity contribution in [3.63, 3.8) is 0 Å². The minimum atomic E-state index is -4.47. The molecule has 1 saturated carbocycles. The molecule has 0 radical (unpaired) electrons. The summed E-state index contributed by atoms with van der Waals surface area (Å²) in [5.74, 6) is -0.929. The third kappa shape index (κ3) is 5.41. The van der Waals surface area contributed by atoms with E-state index in [9.17, 15) is 32.9 Å². The predicted molar refractivity (Wildman–Crippen MR) is 115 cm³/mol. The van der Waals surface area contributed by atoms with Crippen LogP contribution in [0.2, 0.25) is 0 Å². The smallest absolute Gasteiger partial charge is 0.376 e. The number of nitro benzene ring substituents is 1. The molecule has 1 atom stereocenters. The summed E-state index contributed by atoms with van der Waals surface area (Å²) in [6, 6.07) is 7.62. The second kappa shape index (κ2) is 9.47. The number of nitro groups is 1. The molecule has 3 N–H and O–H groups in total. The van der Waals surface area contributed by atoms with Crippen LogP contribution in [0, 0.1) is 16.0 Å². The molecule has 11 heteroatoms. The average Bonchev–Trinajstić information content (AvgIpc) is 2.74. The lowest BCUT2D eigenvalue weighted by Gasteiger charge is -2.35. The van der Waals surface area contributed by atoms with Crippen molar-refractivity contribution in [1.82, 2.24) is 10.6 Å². The number of hydrogen-bond acceptors (Lipinski definition) is 5. The summed E-state index contributed by atoms with van der Waals surface area (Å²) >= 11 is 0. The first kappa shape index (κ1) is 24.0. The van der Waals surface area contributed by atoms with Crippen LogP contribution in [0.1, 0.15) is 47.3 Å². The van der Waals surface area contributed by atoms with Gasteiger partial charge in [-0.05, 0) is 43.5 Å². The summed E-state index contributed by atoms with van der Waals surface area (Å²) in [6.45, 7) is 1.60. The van der Waals surface area contributed by atoms with Gasteiger partial charge in [0.2, 0.25) is 5.91 Å². The Morgan fingerprint density at radius 3 is 2.30 bits per heavy atom. The Hall–Kier alpha value is -3.63. The number of nitrogens with one attached hydrogen (secondary N) is 3. The van der Waals surface area contributed by atoms with E-state index in [-0.39, 0.29) is 34.8 Å². The molecule has 2 aromatic carbocycles.